The third-order valence-electron chi connectivity index (χ3n) is 5.02. The molecule has 31 heavy (non-hydrogen) atoms. The van der Waals surface area contributed by atoms with Gasteiger partial charge in [0.05, 0.1) is 31.0 Å². The van der Waals surface area contributed by atoms with Crippen molar-refractivity contribution in [1.29, 1.82) is 0 Å². The van der Waals surface area contributed by atoms with E-state index >= 15 is 0 Å². The van der Waals surface area contributed by atoms with Gasteiger partial charge in [-0.3, -0.25) is 4.79 Å². The summed E-state index contributed by atoms with van der Waals surface area (Å²) in [6, 6.07) is 15.4. The van der Waals surface area contributed by atoms with Gasteiger partial charge in [-0.1, -0.05) is 30.3 Å². The second kappa shape index (κ2) is 9.80. The molecule has 0 bridgehead atoms. The number of ether oxygens (including phenoxy) is 2. The third kappa shape index (κ3) is 5.15. The number of amides is 1. The van der Waals surface area contributed by atoms with E-state index < -0.39 is 5.97 Å². The van der Waals surface area contributed by atoms with Gasteiger partial charge >= 0.3 is 5.97 Å². The highest BCUT2D eigenvalue weighted by Crippen LogP contribution is 2.39. The van der Waals surface area contributed by atoms with Crippen LogP contribution in [0.1, 0.15) is 15.4 Å². The summed E-state index contributed by atoms with van der Waals surface area (Å²) >= 11 is 1.39. The molecule has 1 amide bonds. The van der Waals surface area contributed by atoms with Crippen molar-refractivity contribution >= 4 is 28.2 Å². The first-order valence-corrected chi connectivity index (χ1v) is 10.9. The van der Waals surface area contributed by atoms with Gasteiger partial charge in [-0.25, -0.2) is 4.79 Å². The van der Waals surface area contributed by atoms with Crippen LogP contribution < -0.4 is 4.90 Å². The lowest BCUT2D eigenvalue weighted by atomic mass is 10.1. The molecule has 1 aromatic carbocycles. The molecule has 2 aromatic heterocycles. The largest absolute Gasteiger partial charge is 0.467 e. The Morgan fingerprint density at radius 3 is 2.61 bits per heavy atom. The fourth-order valence-corrected chi connectivity index (χ4v) is 4.47. The highest BCUT2D eigenvalue weighted by Gasteiger charge is 2.23. The average Bonchev–Trinajstić information content (AvgIpc) is 3.48. The lowest BCUT2D eigenvalue weighted by Crippen LogP contribution is -2.35. The van der Waals surface area contributed by atoms with E-state index in [1.54, 1.807) is 25.4 Å². The number of anilines is 1. The van der Waals surface area contributed by atoms with E-state index in [2.05, 4.69) is 4.90 Å². The highest BCUT2D eigenvalue weighted by atomic mass is 32.1. The normalized spacial score (nSPS) is 13.8. The Bertz CT molecular complexity index is 1010. The van der Waals surface area contributed by atoms with Gasteiger partial charge in [0.15, 0.2) is 6.61 Å². The lowest BCUT2D eigenvalue weighted by Gasteiger charge is -2.28. The maximum Gasteiger partial charge on any atom is 0.348 e. The first-order chi connectivity index (χ1) is 15.1. The Balaban J connectivity index is 1.46. The monoisotopic (exact) mass is 440 g/mol. The van der Waals surface area contributed by atoms with E-state index in [1.165, 1.54) is 16.2 Å². The molecule has 3 aromatic rings. The Kier molecular flexibility index (Phi) is 6.69. The Morgan fingerprint density at radius 2 is 1.90 bits per heavy atom. The summed E-state index contributed by atoms with van der Waals surface area (Å²) in [6.45, 7) is 2.85. The minimum atomic E-state index is -0.499. The molecule has 162 valence electrons. The quantitative estimate of drug-likeness (QED) is 0.522. The molecule has 0 saturated carbocycles. The number of hydrogen-bond donors (Lipinski definition) is 0. The summed E-state index contributed by atoms with van der Waals surface area (Å²) in [5, 5.41) is 1.02. The standard InChI is InChI=1S/C23H24N2O5S/c1-24(15-18-8-5-11-29-18)21(26)16-30-23(27)20-14-19(17-6-3-2-4-7-17)22(31-20)25-9-12-28-13-10-25/h2-8,11,14H,9-10,12-13,15-16H2,1H3. The minimum Gasteiger partial charge on any atom is -0.467 e. The van der Waals surface area contributed by atoms with Gasteiger partial charge in [-0.2, -0.15) is 0 Å². The summed E-state index contributed by atoms with van der Waals surface area (Å²) in [7, 11) is 1.65. The topological polar surface area (TPSA) is 72.2 Å². The first kappa shape index (κ1) is 21.1. The number of hydrogen-bond acceptors (Lipinski definition) is 7. The zero-order valence-electron chi connectivity index (χ0n) is 17.3. The SMILES string of the molecule is CN(Cc1ccco1)C(=O)COC(=O)c1cc(-c2ccccc2)c(N2CCOCC2)s1. The Morgan fingerprint density at radius 1 is 1.13 bits per heavy atom. The number of carbonyl (C=O) groups is 2. The molecule has 0 radical (unpaired) electrons. The summed E-state index contributed by atoms with van der Waals surface area (Å²) < 4.78 is 16.0. The van der Waals surface area contributed by atoms with Crippen LogP contribution in [0.4, 0.5) is 5.00 Å². The molecule has 0 unspecified atom stereocenters. The molecule has 3 heterocycles. The molecule has 1 aliphatic heterocycles. The summed E-state index contributed by atoms with van der Waals surface area (Å²) in [6.07, 6.45) is 1.56. The van der Waals surface area contributed by atoms with Crippen molar-refractivity contribution in [1.82, 2.24) is 4.90 Å². The van der Waals surface area contributed by atoms with Gasteiger partial charge in [0, 0.05) is 25.7 Å². The van der Waals surface area contributed by atoms with Gasteiger partial charge in [-0.15, -0.1) is 11.3 Å². The highest BCUT2D eigenvalue weighted by molar-refractivity contribution is 7.18. The number of benzene rings is 1. The molecule has 4 rings (SSSR count). The van der Waals surface area contributed by atoms with Crippen molar-refractivity contribution in [2.75, 3.05) is 44.9 Å². The average molecular weight is 441 g/mol. The van der Waals surface area contributed by atoms with Crippen LogP contribution in [-0.4, -0.2) is 56.7 Å². The minimum absolute atomic E-state index is 0.294. The van der Waals surface area contributed by atoms with Gasteiger partial charge in [0.25, 0.3) is 5.91 Å². The van der Waals surface area contributed by atoms with Crippen molar-refractivity contribution in [2.45, 2.75) is 6.54 Å². The number of esters is 1. The number of nitrogens with zero attached hydrogens (tertiary/aromatic N) is 2. The molecule has 7 nitrogen and oxygen atoms in total. The fraction of sp³-hybridized carbons (Fsp3) is 0.304. The van der Waals surface area contributed by atoms with Gasteiger partial charge in [-0.05, 0) is 23.8 Å². The van der Waals surface area contributed by atoms with Crippen LogP contribution in [-0.2, 0) is 20.8 Å². The number of likely N-dealkylation sites (N-methyl/N-ethyl adjacent to an activating group) is 1. The van der Waals surface area contributed by atoms with E-state index in [9.17, 15) is 9.59 Å². The van der Waals surface area contributed by atoms with Crippen molar-refractivity contribution in [3.8, 4) is 11.1 Å². The Hall–Kier alpha value is -3.10. The van der Waals surface area contributed by atoms with Crippen LogP contribution in [0, 0.1) is 0 Å². The lowest BCUT2D eigenvalue weighted by molar-refractivity contribution is -0.133. The van der Waals surface area contributed by atoms with Crippen LogP contribution >= 0.6 is 11.3 Å². The molecule has 0 atom stereocenters. The fourth-order valence-electron chi connectivity index (χ4n) is 3.34. The van der Waals surface area contributed by atoms with Crippen LogP contribution in [0.15, 0.2) is 59.2 Å². The summed E-state index contributed by atoms with van der Waals surface area (Å²) in [4.78, 5) is 29.2. The van der Waals surface area contributed by atoms with Crippen molar-refractivity contribution in [3.63, 3.8) is 0 Å². The second-order valence-corrected chi connectivity index (χ2v) is 8.23. The molecular formula is C23H24N2O5S. The number of carbonyl (C=O) groups excluding carboxylic acids is 2. The summed E-state index contributed by atoms with van der Waals surface area (Å²) in [5.74, 6) is -0.123. The molecule has 0 N–H and O–H groups in total. The molecule has 1 aliphatic rings. The molecule has 1 fully saturated rings. The third-order valence-corrected chi connectivity index (χ3v) is 6.20. The van der Waals surface area contributed by atoms with Gasteiger partial charge in [0.2, 0.25) is 0 Å². The van der Waals surface area contributed by atoms with E-state index in [0.717, 1.165) is 29.2 Å². The smallest absolute Gasteiger partial charge is 0.348 e. The maximum absolute atomic E-state index is 12.7. The number of rotatable bonds is 7. The van der Waals surface area contributed by atoms with Crippen molar-refractivity contribution in [2.24, 2.45) is 0 Å². The predicted octanol–water partition coefficient (Wildman–Crippen LogP) is 3.66. The molecular weight excluding hydrogens is 416 g/mol. The maximum atomic E-state index is 12.7. The zero-order chi connectivity index (χ0) is 21.6. The number of thiophene rings is 1. The number of furan rings is 1. The van der Waals surface area contributed by atoms with E-state index in [4.69, 9.17) is 13.9 Å². The van der Waals surface area contributed by atoms with Crippen molar-refractivity contribution in [3.05, 3.63) is 65.4 Å². The number of morpholine rings is 1. The van der Waals surface area contributed by atoms with E-state index in [0.29, 0.717) is 30.4 Å². The molecule has 0 spiro atoms. The van der Waals surface area contributed by atoms with Crippen LogP contribution in [0.5, 0.6) is 0 Å². The second-order valence-electron chi connectivity index (χ2n) is 7.20. The predicted molar refractivity (Wildman–Crippen MR) is 118 cm³/mol. The van der Waals surface area contributed by atoms with Crippen LogP contribution in [0.3, 0.4) is 0 Å². The van der Waals surface area contributed by atoms with Crippen molar-refractivity contribution < 1.29 is 23.5 Å². The van der Waals surface area contributed by atoms with E-state index in [-0.39, 0.29) is 12.5 Å². The Labute approximate surface area is 184 Å². The molecule has 0 aliphatic carbocycles. The van der Waals surface area contributed by atoms with Gasteiger partial charge < -0.3 is 23.7 Å². The zero-order valence-corrected chi connectivity index (χ0v) is 18.1. The van der Waals surface area contributed by atoms with Crippen LogP contribution in [0.25, 0.3) is 11.1 Å². The first-order valence-electron chi connectivity index (χ1n) is 10.1. The molecule has 8 heteroatoms. The van der Waals surface area contributed by atoms with Crippen LogP contribution in [0.2, 0.25) is 0 Å². The van der Waals surface area contributed by atoms with Gasteiger partial charge in [0.1, 0.15) is 10.6 Å². The summed E-state index contributed by atoms with van der Waals surface area (Å²) in [5.41, 5.74) is 2.02. The molecule has 1 saturated heterocycles. The van der Waals surface area contributed by atoms with E-state index in [1.807, 2.05) is 36.4 Å².